The van der Waals surface area contributed by atoms with Gasteiger partial charge in [-0.25, -0.2) is 4.79 Å². The highest BCUT2D eigenvalue weighted by molar-refractivity contribution is 7.80. The molecule has 0 saturated carbocycles. The smallest absolute Gasteiger partial charge is 0.410 e. The Hall–Kier alpha value is -1.33. The topological polar surface area (TPSA) is 41.6 Å². The largest absolute Gasteiger partial charge is 0.444 e. The fourth-order valence-corrected chi connectivity index (χ4v) is 2.36. The van der Waals surface area contributed by atoms with E-state index < -0.39 is 5.60 Å². The van der Waals surface area contributed by atoms with Crippen molar-refractivity contribution in [3.05, 3.63) is 28.8 Å². The summed E-state index contributed by atoms with van der Waals surface area (Å²) in [6, 6.07) is 5.48. The Kier molecular flexibility index (Phi) is 4.20. The maximum atomic E-state index is 12.2. The third kappa shape index (κ3) is 3.84. The molecule has 20 heavy (non-hydrogen) atoms. The first kappa shape index (κ1) is 15.1. The number of nitrogens with one attached hydrogen (secondary N) is 1. The summed E-state index contributed by atoms with van der Waals surface area (Å²) < 4.78 is 5.39. The summed E-state index contributed by atoms with van der Waals surface area (Å²) in [5.41, 5.74) is 1.27. The molecule has 1 aromatic rings. The lowest BCUT2D eigenvalue weighted by molar-refractivity contribution is 0.0267. The lowest BCUT2D eigenvalue weighted by atomic mass is 10.1. The van der Waals surface area contributed by atoms with Gasteiger partial charge < -0.3 is 10.1 Å². The number of carbonyl (C=O) groups excluding carboxylic acids is 1. The van der Waals surface area contributed by atoms with Gasteiger partial charge in [0.15, 0.2) is 0 Å². The molecule has 1 N–H and O–H groups in total. The van der Waals surface area contributed by atoms with Crippen molar-refractivity contribution in [1.29, 1.82) is 0 Å². The van der Waals surface area contributed by atoms with Gasteiger partial charge in [0, 0.05) is 10.7 Å². The summed E-state index contributed by atoms with van der Waals surface area (Å²) in [7, 11) is 0. The summed E-state index contributed by atoms with van der Waals surface area (Å²) in [4.78, 5) is 14.3. The number of halogens is 1. The molecule has 1 aliphatic heterocycles. The van der Waals surface area contributed by atoms with E-state index in [1.54, 1.807) is 11.0 Å². The Morgan fingerprint density at radius 1 is 1.40 bits per heavy atom. The minimum Gasteiger partial charge on any atom is -0.444 e. The molecule has 2 rings (SSSR count). The van der Waals surface area contributed by atoms with Gasteiger partial charge >= 0.3 is 6.09 Å². The van der Waals surface area contributed by atoms with Crippen LogP contribution in [0.5, 0.6) is 0 Å². The van der Waals surface area contributed by atoms with Crippen molar-refractivity contribution in [2.24, 2.45) is 0 Å². The molecule has 0 unspecified atom stereocenters. The lowest BCUT2D eigenvalue weighted by Gasteiger charge is -2.26. The van der Waals surface area contributed by atoms with Crippen molar-refractivity contribution < 1.29 is 9.53 Å². The molecular weight excluding hydrogens is 296 g/mol. The molecule has 108 valence electrons. The zero-order valence-corrected chi connectivity index (χ0v) is 13.3. The number of hydrogen-bond donors (Lipinski definition) is 1. The van der Waals surface area contributed by atoms with E-state index >= 15 is 0 Å². The molecule has 0 aliphatic carbocycles. The molecular formula is C14H17ClN2O2S. The summed E-state index contributed by atoms with van der Waals surface area (Å²) >= 11 is 11.3. The van der Waals surface area contributed by atoms with E-state index in [-0.39, 0.29) is 6.09 Å². The monoisotopic (exact) mass is 312 g/mol. The Labute approximate surface area is 129 Å². The zero-order valence-electron chi connectivity index (χ0n) is 11.7. The summed E-state index contributed by atoms with van der Waals surface area (Å²) in [5, 5.41) is 3.75. The maximum absolute atomic E-state index is 12.2. The van der Waals surface area contributed by atoms with Crippen molar-refractivity contribution in [3.8, 4) is 0 Å². The number of nitrogens with zero attached hydrogens (tertiary/aromatic N) is 1. The number of anilines is 1. The Morgan fingerprint density at radius 2 is 2.10 bits per heavy atom. The minimum absolute atomic E-state index is 0.330. The van der Waals surface area contributed by atoms with Gasteiger partial charge in [-0.3, -0.25) is 4.90 Å². The second-order valence-corrected chi connectivity index (χ2v) is 6.62. The summed E-state index contributed by atoms with van der Waals surface area (Å²) in [6.07, 6.45) is -0.380. The number of hydrogen-bond acceptors (Lipinski definition) is 3. The van der Waals surface area contributed by atoms with Crippen LogP contribution >= 0.6 is 23.8 Å². The molecule has 0 aromatic heterocycles. The van der Waals surface area contributed by atoms with E-state index in [2.05, 4.69) is 5.32 Å². The van der Waals surface area contributed by atoms with E-state index in [1.165, 1.54) is 0 Å². The second kappa shape index (κ2) is 5.58. The molecule has 1 heterocycles. The quantitative estimate of drug-likeness (QED) is 0.739. The number of fused-ring (bicyclic) bond motifs is 1. The van der Waals surface area contributed by atoms with Crippen LogP contribution in [0, 0.1) is 0 Å². The number of carbonyl (C=O) groups is 1. The average molecular weight is 313 g/mol. The molecule has 0 bridgehead atoms. The van der Waals surface area contributed by atoms with E-state index in [0.717, 1.165) is 11.3 Å². The van der Waals surface area contributed by atoms with Gasteiger partial charge in [-0.1, -0.05) is 23.8 Å². The van der Waals surface area contributed by atoms with Crippen molar-refractivity contribution in [3.63, 3.8) is 0 Å². The van der Waals surface area contributed by atoms with Gasteiger partial charge in [-0.2, -0.15) is 0 Å². The highest BCUT2D eigenvalue weighted by Gasteiger charge is 2.26. The van der Waals surface area contributed by atoms with Gasteiger partial charge in [0.05, 0.1) is 18.1 Å². The van der Waals surface area contributed by atoms with Gasteiger partial charge in [0.1, 0.15) is 5.60 Å². The normalized spacial score (nSPS) is 15.2. The van der Waals surface area contributed by atoms with Crippen molar-refractivity contribution >= 4 is 40.6 Å². The van der Waals surface area contributed by atoms with Crippen LogP contribution in [0.4, 0.5) is 10.5 Å². The van der Waals surface area contributed by atoms with Crippen LogP contribution in [0.1, 0.15) is 26.3 Å². The number of ether oxygens (including phenoxy) is 1. The van der Waals surface area contributed by atoms with Gasteiger partial charge in [0.2, 0.25) is 0 Å². The average Bonchev–Trinajstić information content (AvgIpc) is 2.45. The van der Waals surface area contributed by atoms with E-state index in [1.807, 2.05) is 32.9 Å². The van der Waals surface area contributed by atoms with Crippen molar-refractivity contribution in [2.45, 2.75) is 32.9 Å². The molecule has 1 amide bonds. The first-order chi connectivity index (χ1) is 9.24. The highest BCUT2D eigenvalue weighted by atomic mass is 35.5. The van der Waals surface area contributed by atoms with Crippen LogP contribution in [0.2, 0.25) is 5.02 Å². The van der Waals surface area contributed by atoms with Crippen LogP contribution < -0.4 is 5.32 Å². The molecule has 1 aliphatic rings. The van der Waals surface area contributed by atoms with E-state index in [9.17, 15) is 4.79 Å². The predicted molar refractivity (Wildman–Crippen MR) is 84.3 cm³/mol. The Morgan fingerprint density at radius 3 is 2.75 bits per heavy atom. The van der Waals surface area contributed by atoms with Crippen LogP contribution in [-0.2, 0) is 11.3 Å². The SMILES string of the molecule is CC(C)(C)OC(=O)N1CC(=S)Nc2ccc(Cl)cc2C1. The first-order valence-electron chi connectivity index (χ1n) is 6.31. The zero-order chi connectivity index (χ0) is 14.9. The van der Waals surface area contributed by atoms with Crippen LogP contribution in [0.3, 0.4) is 0 Å². The first-order valence-corrected chi connectivity index (χ1v) is 7.09. The van der Waals surface area contributed by atoms with Crippen molar-refractivity contribution in [1.82, 2.24) is 4.90 Å². The van der Waals surface area contributed by atoms with Crippen LogP contribution in [0.15, 0.2) is 18.2 Å². The standard InChI is InChI=1S/C14H17ClN2O2S/c1-14(2,3)19-13(18)17-7-9-6-10(15)4-5-11(9)16-12(20)8-17/h4-6H,7-8H2,1-3H3,(H,16,20). The Bertz CT molecular complexity index is 555. The van der Waals surface area contributed by atoms with Gasteiger partial charge in [-0.15, -0.1) is 0 Å². The van der Waals surface area contributed by atoms with Gasteiger partial charge in [-0.05, 0) is 44.5 Å². The Balaban J connectivity index is 2.24. The highest BCUT2D eigenvalue weighted by Crippen LogP contribution is 2.25. The minimum atomic E-state index is -0.532. The van der Waals surface area contributed by atoms with Crippen LogP contribution in [-0.4, -0.2) is 28.1 Å². The molecule has 0 radical (unpaired) electrons. The van der Waals surface area contributed by atoms with Crippen molar-refractivity contribution in [2.75, 3.05) is 11.9 Å². The fraction of sp³-hybridized carbons (Fsp3) is 0.429. The molecule has 0 spiro atoms. The second-order valence-electron chi connectivity index (χ2n) is 5.69. The number of benzene rings is 1. The number of amides is 1. The summed E-state index contributed by atoms with van der Waals surface area (Å²) in [5.74, 6) is 0. The van der Waals surface area contributed by atoms with E-state index in [4.69, 9.17) is 28.6 Å². The molecule has 6 heteroatoms. The fourth-order valence-electron chi connectivity index (χ4n) is 1.90. The lowest BCUT2D eigenvalue weighted by Crippen LogP contribution is -2.38. The van der Waals surface area contributed by atoms with Gasteiger partial charge in [0.25, 0.3) is 0 Å². The third-order valence-electron chi connectivity index (χ3n) is 2.69. The number of thiocarbonyl (C=S) groups is 1. The number of rotatable bonds is 0. The van der Waals surface area contributed by atoms with Crippen LogP contribution in [0.25, 0.3) is 0 Å². The maximum Gasteiger partial charge on any atom is 0.410 e. The molecule has 4 nitrogen and oxygen atoms in total. The summed E-state index contributed by atoms with van der Waals surface area (Å²) in [6.45, 7) is 6.26. The molecule has 0 fully saturated rings. The molecule has 0 saturated heterocycles. The third-order valence-corrected chi connectivity index (χ3v) is 3.16. The predicted octanol–water partition coefficient (Wildman–Crippen LogP) is 3.83. The molecule has 0 atom stereocenters. The molecule has 1 aromatic carbocycles. The van der Waals surface area contributed by atoms with E-state index in [0.29, 0.717) is 23.1 Å².